The molecule has 0 bridgehead atoms. The van der Waals surface area contributed by atoms with Crippen molar-refractivity contribution < 1.29 is 24.0 Å². The van der Waals surface area contributed by atoms with Gasteiger partial charge in [0.25, 0.3) is 5.69 Å². The quantitative estimate of drug-likeness (QED) is 0.614. The Kier molecular flexibility index (Phi) is 3.37. The molecule has 0 fully saturated rings. The van der Waals surface area contributed by atoms with Crippen LogP contribution in [0.2, 0.25) is 0 Å². The largest absolute Gasteiger partial charge is 0.478 e. The monoisotopic (exact) mass is 242 g/mol. The summed E-state index contributed by atoms with van der Waals surface area (Å²) in [6.07, 6.45) is 0. The summed E-state index contributed by atoms with van der Waals surface area (Å²) in [4.78, 5) is 31.3. The van der Waals surface area contributed by atoms with Gasteiger partial charge in [-0.2, -0.15) is 0 Å². The molecule has 0 saturated heterocycles. The van der Waals surface area contributed by atoms with Crippen molar-refractivity contribution in [2.24, 2.45) is 0 Å². The summed E-state index contributed by atoms with van der Waals surface area (Å²) >= 11 is 0. The molecule has 90 valence electrons. The summed E-state index contributed by atoms with van der Waals surface area (Å²) in [6.45, 7) is 1.03. The van der Waals surface area contributed by atoms with Crippen LogP contribution in [0.3, 0.4) is 0 Å². The molecule has 0 radical (unpaired) electrons. The van der Waals surface area contributed by atoms with Gasteiger partial charge in [0.2, 0.25) is 5.91 Å². The molecule has 1 rings (SSSR count). The van der Waals surface area contributed by atoms with Crippen molar-refractivity contribution in [3.05, 3.63) is 33.6 Å². The Morgan fingerprint density at radius 1 is 1.47 bits per heavy atom. The van der Waals surface area contributed by atoms with Crippen LogP contribution in [0.25, 0.3) is 0 Å². The summed E-state index contributed by atoms with van der Waals surface area (Å²) in [5, 5.41) is 21.3. The van der Waals surface area contributed by atoms with E-state index in [1.165, 1.54) is 0 Å². The summed E-state index contributed by atoms with van der Waals surface area (Å²) in [7, 11) is 0. The summed E-state index contributed by atoms with van der Waals surface area (Å²) < 4.78 is 13.2. The van der Waals surface area contributed by atoms with Crippen molar-refractivity contribution >= 4 is 23.3 Å². The van der Waals surface area contributed by atoms with Crippen molar-refractivity contribution in [2.75, 3.05) is 5.32 Å². The van der Waals surface area contributed by atoms with E-state index in [9.17, 15) is 24.1 Å². The maximum Gasteiger partial charge on any atom is 0.341 e. The molecule has 0 aliphatic heterocycles. The van der Waals surface area contributed by atoms with E-state index in [-0.39, 0.29) is 0 Å². The molecule has 7 nitrogen and oxygen atoms in total. The van der Waals surface area contributed by atoms with Gasteiger partial charge in [0.05, 0.1) is 4.92 Å². The van der Waals surface area contributed by atoms with Crippen LogP contribution in [0.4, 0.5) is 15.8 Å². The van der Waals surface area contributed by atoms with Crippen LogP contribution in [0.15, 0.2) is 12.1 Å². The minimum atomic E-state index is -1.70. The zero-order valence-corrected chi connectivity index (χ0v) is 8.56. The Morgan fingerprint density at radius 3 is 2.47 bits per heavy atom. The molecule has 0 aromatic heterocycles. The lowest BCUT2D eigenvalue weighted by atomic mass is 10.1. The number of benzene rings is 1. The van der Waals surface area contributed by atoms with Crippen molar-refractivity contribution in [1.29, 1.82) is 0 Å². The molecule has 0 atom stereocenters. The van der Waals surface area contributed by atoms with Gasteiger partial charge in [-0.25, -0.2) is 9.18 Å². The topological polar surface area (TPSA) is 110 Å². The molecule has 0 spiro atoms. The highest BCUT2D eigenvalue weighted by atomic mass is 19.1. The smallest absolute Gasteiger partial charge is 0.341 e. The van der Waals surface area contributed by atoms with Gasteiger partial charge in [0.1, 0.15) is 17.1 Å². The van der Waals surface area contributed by atoms with Crippen molar-refractivity contribution in [3.8, 4) is 0 Å². The first-order chi connectivity index (χ1) is 7.84. The van der Waals surface area contributed by atoms with Crippen molar-refractivity contribution in [2.45, 2.75) is 6.92 Å². The van der Waals surface area contributed by atoms with Gasteiger partial charge in [-0.3, -0.25) is 14.9 Å². The van der Waals surface area contributed by atoms with Crippen LogP contribution in [0, 0.1) is 15.9 Å². The number of nitrogens with one attached hydrogen (secondary N) is 1. The Hall–Kier alpha value is -2.51. The number of hydrogen-bond acceptors (Lipinski definition) is 4. The predicted molar refractivity (Wildman–Crippen MR) is 54.3 cm³/mol. The van der Waals surface area contributed by atoms with Crippen LogP contribution in [-0.4, -0.2) is 21.9 Å². The molecule has 0 saturated carbocycles. The van der Waals surface area contributed by atoms with Crippen LogP contribution in [-0.2, 0) is 4.79 Å². The lowest BCUT2D eigenvalue weighted by Gasteiger charge is -2.07. The molecule has 0 unspecified atom stereocenters. The van der Waals surface area contributed by atoms with Gasteiger partial charge >= 0.3 is 5.97 Å². The van der Waals surface area contributed by atoms with E-state index in [2.05, 4.69) is 0 Å². The van der Waals surface area contributed by atoms with E-state index in [0.29, 0.717) is 6.07 Å². The summed E-state index contributed by atoms with van der Waals surface area (Å²) in [5.74, 6) is -3.59. The fraction of sp³-hybridized carbons (Fsp3) is 0.111. The minimum absolute atomic E-state index is 0.657. The van der Waals surface area contributed by atoms with Gasteiger partial charge in [-0.15, -0.1) is 0 Å². The second-order valence-electron chi connectivity index (χ2n) is 3.06. The van der Waals surface area contributed by atoms with E-state index in [4.69, 9.17) is 5.11 Å². The molecule has 1 aromatic carbocycles. The molecule has 2 N–H and O–H groups in total. The number of nitro groups is 1. The highest BCUT2D eigenvalue weighted by molar-refractivity contribution is 6.02. The normalized spacial score (nSPS) is 9.76. The molecule has 0 heterocycles. The maximum absolute atomic E-state index is 13.2. The fourth-order valence-electron chi connectivity index (χ4n) is 1.23. The second kappa shape index (κ2) is 4.56. The van der Waals surface area contributed by atoms with E-state index < -0.39 is 39.6 Å². The Morgan fingerprint density at radius 2 is 2.06 bits per heavy atom. The average molecular weight is 242 g/mol. The van der Waals surface area contributed by atoms with E-state index in [0.717, 1.165) is 13.0 Å². The third-order valence-corrected chi connectivity index (χ3v) is 1.84. The third-order valence-electron chi connectivity index (χ3n) is 1.84. The lowest BCUT2D eigenvalue weighted by Crippen LogP contribution is -2.14. The molecule has 1 aromatic rings. The molecule has 1 amide bonds. The molecular weight excluding hydrogens is 235 g/mol. The van der Waals surface area contributed by atoms with Gasteiger partial charge in [-0.05, 0) is 6.07 Å². The number of nitro benzene ring substituents is 1. The van der Waals surface area contributed by atoms with E-state index in [1.807, 2.05) is 5.32 Å². The number of aromatic carboxylic acids is 1. The number of halogens is 1. The fourth-order valence-corrected chi connectivity index (χ4v) is 1.23. The number of anilines is 1. The zero-order chi connectivity index (χ0) is 13.2. The molecular formula is C9H7FN2O5. The number of nitrogens with zero attached hydrogens (tertiary/aromatic N) is 1. The number of amides is 1. The first-order valence-corrected chi connectivity index (χ1v) is 4.32. The van der Waals surface area contributed by atoms with E-state index >= 15 is 0 Å². The average Bonchev–Trinajstić information content (AvgIpc) is 2.15. The number of rotatable bonds is 3. The highest BCUT2D eigenvalue weighted by Gasteiger charge is 2.26. The Labute approximate surface area is 94.0 Å². The molecule has 8 heteroatoms. The van der Waals surface area contributed by atoms with Crippen molar-refractivity contribution in [3.63, 3.8) is 0 Å². The molecule has 0 aliphatic carbocycles. The summed E-state index contributed by atoms with van der Waals surface area (Å²) in [6, 6.07) is 1.44. The standard InChI is InChI=1S/C9H7FN2O5/c1-4(13)11-8-6(12(16)17)3-2-5(10)7(8)9(14)15/h2-3H,1H3,(H,11,13)(H,14,15). The first kappa shape index (κ1) is 12.6. The number of hydrogen-bond donors (Lipinski definition) is 2. The number of carboxylic acid groups (broad SMARTS) is 1. The zero-order valence-electron chi connectivity index (χ0n) is 8.56. The van der Waals surface area contributed by atoms with Crippen LogP contribution >= 0.6 is 0 Å². The van der Waals surface area contributed by atoms with Crippen LogP contribution in [0.5, 0.6) is 0 Å². The molecule has 17 heavy (non-hydrogen) atoms. The van der Waals surface area contributed by atoms with Crippen molar-refractivity contribution in [1.82, 2.24) is 0 Å². The first-order valence-electron chi connectivity index (χ1n) is 4.32. The number of carbonyl (C=O) groups excluding carboxylic acids is 1. The summed E-state index contributed by atoms with van der Waals surface area (Å²) in [5.41, 5.74) is -2.27. The third kappa shape index (κ3) is 2.54. The SMILES string of the molecule is CC(=O)Nc1c([N+](=O)[O-])ccc(F)c1C(=O)O. The van der Waals surface area contributed by atoms with Gasteiger partial charge in [0.15, 0.2) is 0 Å². The molecule has 0 aliphatic rings. The van der Waals surface area contributed by atoms with Gasteiger partial charge < -0.3 is 10.4 Å². The number of carbonyl (C=O) groups is 2. The Bertz CT molecular complexity index is 514. The maximum atomic E-state index is 13.2. The Balaban J connectivity index is 3.55. The number of carboxylic acids is 1. The second-order valence-corrected chi connectivity index (χ2v) is 3.06. The van der Waals surface area contributed by atoms with Crippen LogP contribution in [0.1, 0.15) is 17.3 Å². The van der Waals surface area contributed by atoms with Gasteiger partial charge in [-0.1, -0.05) is 0 Å². The predicted octanol–water partition coefficient (Wildman–Crippen LogP) is 1.39. The van der Waals surface area contributed by atoms with Gasteiger partial charge in [0, 0.05) is 13.0 Å². The lowest BCUT2D eigenvalue weighted by molar-refractivity contribution is -0.384. The minimum Gasteiger partial charge on any atom is -0.478 e. The van der Waals surface area contributed by atoms with E-state index in [1.54, 1.807) is 0 Å². The highest BCUT2D eigenvalue weighted by Crippen LogP contribution is 2.30. The van der Waals surface area contributed by atoms with Crippen LogP contribution < -0.4 is 5.32 Å².